The number of aliphatic carboxylic acids is 1. The van der Waals surface area contributed by atoms with E-state index in [-0.39, 0.29) is 12.2 Å². The Morgan fingerprint density at radius 3 is 2.53 bits per heavy atom. The van der Waals surface area contributed by atoms with Crippen molar-refractivity contribution in [1.29, 1.82) is 0 Å². The monoisotopic (exact) mass is 269 g/mol. The predicted octanol–water partition coefficient (Wildman–Crippen LogP) is 1.35. The standard InChI is InChI=1S/C13H16FNO4/c1-8-4-9(6-10(14)5-8)11(16)15-13(2,7-19-3)12(17)18/h4-6H,7H2,1-3H3,(H,15,16)(H,17,18). The van der Waals surface area contributed by atoms with E-state index < -0.39 is 23.2 Å². The molecule has 1 unspecified atom stereocenters. The molecule has 0 saturated heterocycles. The summed E-state index contributed by atoms with van der Waals surface area (Å²) in [7, 11) is 1.33. The smallest absolute Gasteiger partial charge is 0.331 e. The maximum atomic E-state index is 13.2. The lowest BCUT2D eigenvalue weighted by Gasteiger charge is -2.25. The summed E-state index contributed by atoms with van der Waals surface area (Å²) in [5.41, 5.74) is -0.915. The van der Waals surface area contributed by atoms with E-state index in [1.165, 1.54) is 26.2 Å². The Hall–Kier alpha value is -1.95. The molecule has 2 N–H and O–H groups in total. The van der Waals surface area contributed by atoms with Crippen LogP contribution in [0.4, 0.5) is 4.39 Å². The summed E-state index contributed by atoms with van der Waals surface area (Å²) in [6, 6.07) is 3.81. The molecule has 0 fully saturated rings. The second kappa shape index (κ2) is 5.79. The Morgan fingerprint density at radius 2 is 2.05 bits per heavy atom. The van der Waals surface area contributed by atoms with Gasteiger partial charge in [0.15, 0.2) is 5.54 Å². The third kappa shape index (κ3) is 3.75. The van der Waals surface area contributed by atoms with Crippen LogP contribution in [-0.2, 0) is 9.53 Å². The van der Waals surface area contributed by atoms with Gasteiger partial charge in [-0.3, -0.25) is 4.79 Å². The fraction of sp³-hybridized carbons (Fsp3) is 0.385. The third-order valence-electron chi connectivity index (χ3n) is 2.60. The van der Waals surface area contributed by atoms with E-state index in [4.69, 9.17) is 9.84 Å². The largest absolute Gasteiger partial charge is 0.479 e. The van der Waals surface area contributed by atoms with Crippen molar-refractivity contribution in [3.63, 3.8) is 0 Å². The molecule has 0 aliphatic rings. The third-order valence-corrected chi connectivity index (χ3v) is 2.60. The van der Waals surface area contributed by atoms with Gasteiger partial charge in [0, 0.05) is 12.7 Å². The molecule has 0 saturated carbocycles. The molecule has 1 amide bonds. The number of hydrogen-bond donors (Lipinski definition) is 2. The summed E-state index contributed by atoms with van der Waals surface area (Å²) in [6.45, 7) is 2.77. The van der Waals surface area contributed by atoms with Crippen LogP contribution in [0.1, 0.15) is 22.8 Å². The summed E-state index contributed by atoms with van der Waals surface area (Å²) in [5, 5.41) is 11.4. The van der Waals surface area contributed by atoms with E-state index in [0.29, 0.717) is 5.56 Å². The van der Waals surface area contributed by atoms with Crippen LogP contribution in [0, 0.1) is 12.7 Å². The number of halogens is 1. The van der Waals surface area contributed by atoms with E-state index in [0.717, 1.165) is 6.07 Å². The normalized spacial score (nSPS) is 13.7. The van der Waals surface area contributed by atoms with Crippen molar-refractivity contribution in [2.45, 2.75) is 19.4 Å². The first kappa shape index (κ1) is 15.1. The minimum atomic E-state index is -1.56. The molecule has 1 rings (SSSR count). The number of methoxy groups -OCH3 is 1. The fourth-order valence-corrected chi connectivity index (χ4v) is 1.63. The number of aryl methyl sites for hydroxylation is 1. The molecule has 0 bridgehead atoms. The van der Waals surface area contributed by atoms with Gasteiger partial charge in [0.25, 0.3) is 5.91 Å². The van der Waals surface area contributed by atoms with Gasteiger partial charge in [-0.05, 0) is 37.6 Å². The van der Waals surface area contributed by atoms with Gasteiger partial charge in [-0.1, -0.05) is 0 Å². The first-order valence-corrected chi connectivity index (χ1v) is 5.60. The Labute approximate surface area is 110 Å². The van der Waals surface area contributed by atoms with Gasteiger partial charge in [0.05, 0.1) is 6.61 Å². The zero-order valence-corrected chi connectivity index (χ0v) is 11.0. The highest BCUT2D eigenvalue weighted by Gasteiger charge is 2.35. The predicted molar refractivity (Wildman–Crippen MR) is 66.5 cm³/mol. The highest BCUT2D eigenvalue weighted by Crippen LogP contribution is 2.11. The summed E-state index contributed by atoms with van der Waals surface area (Å²) < 4.78 is 18.0. The zero-order chi connectivity index (χ0) is 14.6. The highest BCUT2D eigenvalue weighted by molar-refractivity contribution is 5.97. The van der Waals surface area contributed by atoms with Crippen molar-refractivity contribution in [1.82, 2.24) is 5.32 Å². The summed E-state index contributed by atoms with van der Waals surface area (Å²) in [6.07, 6.45) is 0. The maximum Gasteiger partial charge on any atom is 0.331 e. The number of nitrogens with one attached hydrogen (secondary N) is 1. The molecular weight excluding hydrogens is 253 g/mol. The van der Waals surface area contributed by atoms with Crippen LogP contribution < -0.4 is 5.32 Å². The summed E-state index contributed by atoms with van der Waals surface area (Å²) >= 11 is 0. The Bertz CT molecular complexity index is 483. The van der Waals surface area contributed by atoms with Gasteiger partial charge in [0.1, 0.15) is 5.82 Å². The average Bonchev–Trinajstić information content (AvgIpc) is 2.27. The Kier molecular flexibility index (Phi) is 4.61. The van der Waals surface area contributed by atoms with Crippen molar-refractivity contribution >= 4 is 11.9 Å². The van der Waals surface area contributed by atoms with Gasteiger partial charge < -0.3 is 15.2 Å². The Balaban J connectivity index is 2.97. The molecule has 0 heterocycles. The maximum absolute atomic E-state index is 13.2. The van der Waals surface area contributed by atoms with E-state index >= 15 is 0 Å². The molecule has 104 valence electrons. The molecule has 5 nitrogen and oxygen atoms in total. The number of benzene rings is 1. The number of rotatable bonds is 5. The van der Waals surface area contributed by atoms with E-state index in [2.05, 4.69) is 5.32 Å². The minimum Gasteiger partial charge on any atom is -0.479 e. The molecule has 0 aliphatic carbocycles. The number of ether oxygens (including phenoxy) is 1. The number of carbonyl (C=O) groups is 2. The lowest BCUT2D eigenvalue weighted by atomic mass is 10.0. The zero-order valence-electron chi connectivity index (χ0n) is 11.0. The highest BCUT2D eigenvalue weighted by atomic mass is 19.1. The van der Waals surface area contributed by atoms with Crippen molar-refractivity contribution < 1.29 is 23.8 Å². The van der Waals surface area contributed by atoms with Crippen molar-refractivity contribution in [3.8, 4) is 0 Å². The molecule has 1 aromatic rings. The van der Waals surface area contributed by atoms with Gasteiger partial charge in [0.2, 0.25) is 0 Å². The summed E-state index contributed by atoms with van der Waals surface area (Å²) in [4.78, 5) is 23.1. The van der Waals surface area contributed by atoms with Crippen LogP contribution in [0.25, 0.3) is 0 Å². The van der Waals surface area contributed by atoms with E-state index in [1.807, 2.05) is 0 Å². The quantitative estimate of drug-likeness (QED) is 0.846. The van der Waals surface area contributed by atoms with Gasteiger partial charge in [-0.25, -0.2) is 9.18 Å². The SMILES string of the molecule is COCC(C)(NC(=O)c1cc(C)cc(F)c1)C(=O)O. The molecular formula is C13H16FNO4. The number of amides is 1. The lowest BCUT2D eigenvalue weighted by molar-refractivity contribution is -0.145. The number of carboxylic acids is 1. The molecule has 1 aromatic carbocycles. The van der Waals surface area contributed by atoms with E-state index in [9.17, 15) is 14.0 Å². The number of carbonyl (C=O) groups excluding carboxylic acids is 1. The average molecular weight is 269 g/mol. The molecule has 0 spiro atoms. The number of hydrogen-bond acceptors (Lipinski definition) is 3. The van der Waals surface area contributed by atoms with Gasteiger partial charge in [-0.15, -0.1) is 0 Å². The molecule has 6 heteroatoms. The molecule has 1 atom stereocenters. The topological polar surface area (TPSA) is 75.6 Å². The van der Waals surface area contributed by atoms with Crippen LogP contribution in [0.3, 0.4) is 0 Å². The van der Waals surface area contributed by atoms with E-state index in [1.54, 1.807) is 6.92 Å². The second-order valence-corrected chi connectivity index (χ2v) is 4.54. The van der Waals surface area contributed by atoms with Gasteiger partial charge >= 0.3 is 5.97 Å². The first-order chi connectivity index (χ1) is 8.78. The first-order valence-electron chi connectivity index (χ1n) is 5.60. The van der Waals surface area contributed by atoms with Crippen LogP contribution >= 0.6 is 0 Å². The molecule has 0 radical (unpaired) electrons. The molecule has 0 aliphatic heterocycles. The van der Waals surface area contributed by atoms with Crippen LogP contribution in [0.5, 0.6) is 0 Å². The number of carboxylic acid groups (broad SMARTS) is 1. The molecule has 19 heavy (non-hydrogen) atoms. The van der Waals surface area contributed by atoms with Crippen molar-refractivity contribution in [2.24, 2.45) is 0 Å². The fourth-order valence-electron chi connectivity index (χ4n) is 1.63. The van der Waals surface area contributed by atoms with Crippen LogP contribution in [-0.4, -0.2) is 36.2 Å². The Morgan fingerprint density at radius 1 is 1.42 bits per heavy atom. The minimum absolute atomic E-state index is 0.0704. The van der Waals surface area contributed by atoms with Crippen molar-refractivity contribution in [3.05, 3.63) is 35.1 Å². The van der Waals surface area contributed by atoms with Crippen LogP contribution in [0.2, 0.25) is 0 Å². The van der Waals surface area contributed by atoms with Crippen LogP contribution in [0.15, 0.2) is 18.2 Å². The summed E-state index contributed by atoms with van der Waals surface area (Å²) in [5.74, 6) is -2.44. The van der Waals surface area contributed by atoms with Crippen molar-refractivity contribution in [2.75, 3.05) is 13.7 Å². The molecule has 0 aromatic heterocycles. The second-order valence-electron chi connectivity index (χ2n) is 4.54. The van der Waals surface area contributed by atoms with Gasteiger partial charge in [-0.2, -0.15) is 0 Å². The lowest BCUT2D eigenvalue weighted by Crippen LogP contribution is -2.55.